The van der Waals surface area contributed by atoms with E-state index in [9.17, 15) is 9.90 Å². The van der Waals surface area contributed by atoms with Gasteiger partial charge in [0.1, 0.15) is 0 Å². The van der Waals surface area contributed by atoms with Crippen molar-refractivity contribution in [2.24, 2.45) is 5.92 Å². The number of halogens is 1. The van der Waals surface area contributed by atoms with Crippen LogP contribution in [0.3, 0.4) is 0 Å². The van der Waals surface area contributed by atoms with Crippen LogP contribution in [0.2, 0.25) is 5.02 Å². The van der Waals surface area contributed by atoms with Crippen molar-refractivity contribution in [2.45, 2.75) is 32.8 Å². The topological polar surface area (TPSA) is 62.2 Å². The van der Waals surface area contributed by atoms with E-state index < -0.39 is 5.60 Å². The number of pyridine rings is 1. The van der Waals surface area contributed by atoms with Gasteiger partial charge in [0.25, 0.3) is 5.91 Å². The van der Waals surface area contributed by atoms with Gasteiger partial charge in [-0.05, 0) is 25.3 Å². The van der Waals surface area contributed by atoms with Gasteiger partial charge in [0.15, 0.2) is 0 Å². The fraction of sp³-hybridized carbons (Fsp3) is 0.538. The Labute approximate surface area is 112 Å². The van der Waals surface area contributed by atoms with Gasteiger partial charge in [0.05, 0.1) is 16.2 Å². The molecule has 0 fully saturated rings. The third-order valence-electron chi connectivity index (χ3n) is 2.49. The largest absolute Gasteiger partial charge is 0.388 e. The highest BCUT2D eigenvalue weighted by atomic mass is 35.5. The molecule has 0 spiro atoms. The van der Waals surface area contributed by atoms with Crippen LogP contribution < -0.4 is 5.32 Å². The average Bonchev–Trinajstić information content (AvgIpc) is 2.25. The number of carbonyl (C=O) groups is 1. The zero-order chi connectivity index (χ0) is 13.8. The summed E-state index contributed by atoms with van der Waals surface area (Å²) < 4.78 is 0. The molecule has 1 unspecified atom stereocenters. The van der Waals surface area contributed by atoms with Crippen molar-refractivity contribution in [3.8, 4) is 0 Å². The van der Waals surface area contributed by atoms with Crippen LogP contribution in [0.4, 0.5) is 0 Å². The molecular weight excluding hydrogens is 252 g/mol. The SMILES string of the molecule is CC(C)CC(C)(O)CNC(=O)c1cnccc1Cl. The minimum absolute atomic E-state index is 0.190. The van der Waals surface area contributed by atoms with Crippen molar-refractivity contribution >= 4 is 17.5 Å². The third-order valence-corrected chi connectivity index (χ3v) is 2.82. The molecule has 18 heavy (non-hydrogen) atoms. The van der Waals surface area contributed by atoms with Crippen molar-refractivity contribution in [3.05, 3.63) is 29.0 Å². The number of nitrogens with one attached hydrogen (secondary N) is 1. The summed E-state index contributed by atoms with van der Waals surface area (Å²) in [6.07, 6.45) is 3.55. The Morgan fingerprint density at radius 3 is 2.83 bits per heavy atom. The van der Waals surface area contributed by atoms with E-state index in [0.717, 1.165) is 0 Å². The number of hydrogen-bond donors (Lipinski definition) is 2. The van der Waals surface area contributed by atoms with Crippen LogP contribution >= 0.6 is 11.6 Å². The summed E-state index contributed by atoms with van der Waals surface area (Å²) in [6.45, 7) is 5.94. The van der Waals surface area contributed by atoms with Crippen molar-refractivity contribution in [2.75, 3.05) is 6.54 Å². The lowest BCUT2D eigenvalue weighted by Crippen LogP contribution is -2.41. The number of nitrogens with zero attached hydrogens (tertiary/aromatic N) is 1. The van der Waals surface area contributed by atoms with Gasteiger partial charge in [-0.15, -0.1) is 0 Å². The quantitative estimate of drug-likeness (QED) is 0.863. The molecule has 0 aliphatic heterocycles. The van der Waals surface area contributed by atoms with Crippen LogP contribution in [-0.4, -0.2) is 28.1 Å². The first-order valence-corrected chi connectivity index (χ1v) is 6.30. The highest BCUT2D eigenvalue weighted by molar-refractivity contribution is 6.33. The van der Waals surface area contributed by atoms with Gasteiger partial charge < -0.3 is 10.4 Å². The number of aliphatic hydroxyl groups is 1. The summed E-state index contributed by atoms with van der Waals surface area (Å²) in [6, 6.07) is 1.56. The molecule has 1 aromatic rings. The summed E-state index contributed by atoms with van der Waals surface area (Å²) in [4.78, 5) is 15.7. The molecule has 1 amide bonds. The smallest absolute Gasteiger partial charge is 0.254 e. The standard InChI is InChI=1S/C13H19ClN2O2/c1-9(2)6-13(3,18)8-16-12(17)10-7-15-5-4-11(10)14/h4-5,7,9,18H,6,8H2,1-3H3,(H,16,17). The Morgan fingerprint density at radius 2 is 2.28 bits per heavy atom. The van der Waals surface area contributed by atoms with Crippen LogP contribution in [0, 0.1) is 5.92 Å². The Balaban J connectivity index is 2.59. The number of amides is 1. The second kappa shape index (κ2) is 6.16. The maximum Gasteiger partial charge on any atom is 0.254 e. The van der Waals surface area contributed by atoms with E-state index in [-0.39, 0.29) is 12.5 Å². The first-order valence-electron chi connectivity index (χ1n) is 5.92. The Kier molecular flexibility index (Phi) is 5.11. The molecule has 0 saturated heterocycles. The Morgan fingerprint density at radius 1 is 1.61 bits per heavy atom. The lowest BCUT2D eigenvalue weighted by molar-refractivity contribution is 0.0368. The fourth-order valence-electron chi connectivity index (χ4n) is 1.86. The zero-order valence-corrected chi connectivity index (χ0v) is 11.7. The number of carbonyl (C=O) groups excluding carboxylic acids is 1. The van der Waals surface area contributed by atoms with Gasteiger partial charge in [-0.25, -0.2) is 0 Å². The average molecular weight is 271 g/mol. The molecule has 0 aromatic carbocycles. The molecule has 1 aromatic heterocycles. The second-order valence-corrected chi connectivity index (χ2v) is 5.54. The lowest BCUT2D eigenvalue weighted by Gasteiger charge is -2.25. The van der Waals surface area contributed by atoms with Crippen molar-refractivity contribution in [3.63, 3.8) is 0 Å². The first-order chi connectivity index (χ1) is 8.32. The molecule has 0 aliphatic carbocycles. The Bertz CT molecular complexity index is 419. The monoisotopic (exact) mass is 270 g/mol. The van der Waals surface area contributed by atoms with Crippen LogP contribution in [0.1, 0.15) is 37.6 Å². The molecule has 0 bridgehead atoms. The zero-order valence-electron chi connectivity index (χ0n) is 10.9. The van der Waals surface area contributed by atoms with Gasteiger partial charge >= 0.3 is 0 Å². The molecule has 1 rings (SSSR count). The third kappa shape index (κ3) is 4.63. The summed E-state index contributed by atoms with van der Waals surface area (Å²) >= 11 is 5.89. The summed E-state index contributed by atoms with van der Waals surface area (Å²) in [5.41, 5.74) is -0.599. The normalized spacial score (nSPS) is 14.3. The molecule has 4 nitrogen and oxygen atoms in total. The van der Waals surface area contributed by atoms with E-state index in [1.54, 1.807) is 13.0 Å². The van der Waals surface area contributed by atoms with Crippen LogP contribution in [-0.2, 0) is 0 Å². The van der Waals surface area contributed by atoms with Crippen LogP contribution in [0.15, 0.2) is 18.5 Å². The van der Waals surface area contributed by atoms with Gasteiger partial charge in [0.2, 0.25) is 0 Å². The lowest BCUT2D eigenvalue weighted by atomic mass is 9.94. The highest BCUT2D eigenvalue weighted by Gasteiger charge is 2.23. The highest BCUT2D eigenvalue weighted by Crippen LogP contribution is 2.16. The molecule has 0 aliphatic rings. The minimum Gasteiger partial charge on any atom is -0.388 e. The first kappa shape index (κ1) is 14.9. The van der Waals surface area contributed by atoms with Crippen molar-refractivity contribution in [1.29, 1.82) is 0 Å². The van der Waals surface area contributed by atoms with E-state index in [0.29, 0.717) is 22.9 Å². The predicted octanol–water partition coefficient (Wildman–Crippen LogP) is 2.26. The molecule has 100 valence electrons. The molecule has 1 atom stereocenters. The van der Waals surface area contributed by atoms with Gasteiger partial charge in [-0.1, -0.05) is 25.4 Å². The second-order valence-electron chi connectivity index (χ2n) is 5.13. The van der Waals surface area contributed by atoms with Crippen LogP contribution in [0.25, 0.3) is 0 Å². The van der Waals surface area contributed by atoms with E-state index in [1.165, 1.54) is 12.4 Å². The number of rotatable bonds is 5. The van der Waals surface area contributed by atoms with Crippen molar-refractivity contribution in [1.82, 2.24) is 10.3 Å². The van der Waals surface area contributed by atoms with Crippen LogP contribution in [0.5, 0.6) is 0 Å². The summed E-state index contributed by atoms with van der Waals surface area (Å²) in [5, 5.41) is 13.1. The molecule has 2 N–H and O–H groups in total. The molecular formula is C13H19ClN2O2. The van der Waals surface area contributed by atoms with E-state index in [4.69, 9.17) is 11.6 Å². The predicted molar refractivity (Wildman–Crippen MR) is 71.7 cm³/mol. The number of aromatic nitrogens is 1. The molecule has 1 heterocycles. The van der Waals surface area contributed by atoms with Gasteiger partial charge in [-0.2, -0.15) is 0 Å². The summed E-state index contributed by atoms with van der Waals surface area (Å²) in [5.74, 6) is 0.0380. The molecule has 0 saturated carbocycles. The summed E-state index contributed by atoms with van der Waals surface area (Å²) in [7, 11) is 0. The van der Waals surface area contributed by atoms with E-state index in [2.05, 4.69) is 10.3 Å². The van der Waals surface area contributed by atoms with Gasteiger partial charge in [-0.3, -0.25) is 9.78 Å². The fourth-order valence-corrected chi connectivity index (χ4v) is 2.05. The number of hydrogen-bond acceptors (Lipinski definition) is 3. The van der Waals surface area contributed by atoms with Crippen molar-refractivity contribution < 1.29 is 9.90 Å². The maximum absolute atomic E-state index is 11.9. The van der Waals surface area contributed by atoms with E-state index in [1.807, 2.05) is 13.8 Å². The molecule has 0 radical (unpaired) electrons. The van der Waals surface area contributed by atoms with Gasteiger partial charge in [0, 0.05) is 18.9 Å². The minimum atomic E-state index is -0.918. The Hall–Kier alpha value is -1.13. The maximum atomic E-state index is 11.9. The molecule has 5 heteroatoms. The van der Waals surface area contributed by atoms with E-state index >= 15 is 0 Å².